The number of halogens is 2. The van der Waals surface area contributed by atoms with Gasteiger partial charge in [0, 0.05) is 18.1 Å². The van der Waals surface area contributed by atoms with Gasteiger partial charge < -0.3 is 9.84 Å². The van der Waals surface area contributed by atoms with Crippen molar-refractivity contribution >= 4 is 21.9 Å². The van der Waals surface area contributed by atoms with Gasteiger partial charge in [0.25, 0.3) is 0 Å². The van der Waals surface area contributed by atoms with Crippen molar-refractivity contribution in [2.75, 3.05) is 13.7 Å². The highest BCUT2D eigenvalue weighted by molar-refractivity contribution is 9.10. The van der Waals surface area contributed by atoms with E-state index >= 15 is 0 Å². The molecule has 0 radical (unpaired) electrons. The highest BCUT2D eigenvalue weighted by atomic mass is 79.9. The number of hydrogen-bond donors (Lipinski definition) is 2. The fourth-order valence-electron chi connectivity index (χ4n) is 1.30. The number of carboxylic acid groups (broad SMARTS) is 1. The zero-order valence-electron chi connectivity index (χ0n) is 9.24. The van der Waals surface area contributed by atoms with Gasteiger partial charge in [0.05, 0.1) is 6.61 Å². The van der Waals surface area contributed by atoms with Gasteiger partial charge in [-0.05, 0) is 23.8 Å². The van der Waals surface area contributed by atoms with Crippen LogP contribution in [0.5, 0.6) is 0 Å². The molecule has 0 aromatic heterocycles. The molecule has 0 spiro atoms. The number of benzene rings is 1. The highest BCUT2D eigenvalue weighted by Crippen LogP contribution is 2.17. The number of nitrogens with one attached hydrogen (secondary N) is 1. The fourth-order valence-corrected chi connectivity index (χ4v) is 1.68. The first-order chi connectivity index (χ1) is 8.04. The van der Waals surface area contributed by atoms with Gasteiger partial charge in [-0.3, -0.25) is 10.1 Å². The lowest BCUT2D eigenvalue weighted by molar-refractivity contribution is -0.140. The summed E-state index contributed by atoms with van der Waals surface area (Å²) in [6, 6.07) is 3.45. The third kappa shape index (κ3) is 4.41. The quantitative estimate of drug-likeness (QED) is 0.841. The smallest absolute Gasteiger partial charge is 0.323 e. The standard InChI is InChI=1S/C11H13BrFNO3/c1-17-6-10(11(15)16)14-5-7-4-8(13)2-3-9(7)12/h2-4,10,14H,5-6H2,1H3,(H,15,16). The first-order valence-electron chi connectivity index (χ1n) is 4.93. The monoisotopic (exact) mass is 305 g/mol. The van der Waals surface area contributed by atoms with E-state index in [9.17, 15) is 9.18 Å². The minimum Gasteiger partial charge on any atom is -0.480 e. The molecule has 4 nitrogen and oxygen atoms in total. The number of rotatable bonds is 6. The number of ether oxygens (including phenoxy) is 1. The molecule has 1 atom stereocenters. The lowest BCUT2D eigenvalue weighted by Crippen LogP contribution is -2.39. The second-order valence-corrected chi connectivity index (χ2v) is 4.32. The van der Waals surface area contributed by atoms with Gasteiger partial charge in [-0.1, -0.05) is 15.9 Å². The lowest BCUT2D eigenvalue weighted by Gasteiger charge is -2.14. The van der Waals surface area contributed by atoms with Gasteiger partial charge in [-0.2, -0.15) is 0 Å². The Morgan fingerprint density at radius 1 is 1.65 bits per heavy atom. The van der Waals surface area contributed by atoms with Crippen LogP contribution in [0.25, 0.3) is 0 Å². The van der Waals surface area contributed by atoms with Crippen molar-refractivity contribution in [3.8, 4) is 0 Å². The van der Waals surface area contributed by atoms with Crippen LogP contribution >= 0.6 is 15.9 Å². The number of carbonyl (C=O) groups is 1. The minimum atomic E-state index is -1.00. The van der Waals surface area contributed by atoms with Crippen molar-refractivity contribution in [3.05, 3.63) is 34.1 Å². The molecule has 6 heteroatoms. The first kappa shape index (κ1) is 14.1. The van der Waals surface area contributed by atoms with Gasteiger partial charge in [0.1, 0.15) is 11.9 Å². The van der Waals surface area contributed by atoms with Crippen LogP contribution in [-0.2, 0) is 16.1 Å². The number of aliphatic carboxylic acids is 1. The summed E-state index contributed by atoms with van der Waals surface area (Å²) >= 11 is 3.27. The molecule has 17 heavy (non-hydrogen) atoms. The summed E-state index contributed by atoms with van der Waals surface area (Å²) in [5, 5.41) is 11.7. The Bertz CT molecular complexity index is 400. The van der Waals surface area contributed by atoms with Crippen molar-refractivity contribution < 1.29 is 19.0 Å². The lowest BCUT2D eigenvalue weighted by atomic mass is 10.2. The molecule has 0 bridgehead atoms. The third-order valence-corrected chi connectivity index (χ3v) is 2.95. The topological polar surface area (TPSA) is 58.6 Å². The Hall–Kier alpha value is -0.980. The van der Waals surface area contributed by atoms with Crippen LogP contribution in [0.2, 0.25) is 0 Å². The Kier molecular flexibility index (Phi) is 5.54. The summed E-state index contributed by atoms with van der Waals surface area (Å²) in [7, 11) is 1.43. The number of hydrogen-bond acceptors (Lipinski definition) is 3. The zero-order chi connectivity index (χ0) is 12.8. The van der Waals surface area contributed by atoms with Crippen LogP contribution in [0.15, 0.2) is 22.7 Å². The second kappa shape index (κ2) is 6.68. The van der Waals surface area contributed by atoms with Gasteiger partial charge >= 0.3 is 5.97 Å². The Morgan fingerprint density at radius 3 is 2.94 bits per heavy atom. The molecule has 0 aliphatic rings. The molecule has 0 amide bonds. The van der Waals surface area contributed by atoms with Crippen molar-refractivity contribution in [2.45, 2.75) is 12.6 Å². The van der Waals surface area contributed by atoms with Crippen LogP contribution in [0.1, 0.15) is 5.56 Å². The van der Waals surface area contributed by atoms with Gasteiger partial charge in [-0.25, -0.2) is 4.39 Å². The van der Waals surface area contributed by atoms with E-state index in [0.717, 1.165) is 4.47 Å². The molecular formula is C11H13BrFNO3. The van der Waals surface area contributed by atoms with E-state index in [0.29, 0.717) is 5.56 Å². The minimum absolute atomic E-state index is 0.0578. The number of methoxy groups -OCH3 is 1. The summed E-state index contributed by atoms with van der Waals surface area (Å²) in [6.07, 6.45) is 0. The van der Waals surface area contributed by atoms with E-state index in [1.54, 1.807) is 6.07 Å². The molecule has 2 N–H and O–H groups in total. The molecule has 1 aromatic carbocycles. The highest BCUT2D eigenvalue weighted by Gasteiger charge is 2.16. The zero-order valence-corrected chi connectivity index (χ0v) is 10.8. The predicted molar refractivity (Wildman–Crippen MR) is 64.2 cm³/mol. The average Bonchev–Trinajstić information content (AvgIpc) is 2.28. The van der Waals surface area contributed by atoms with E-state index in [1.165, 1.54) is 19.2 Å². The molecular weight excluding hydrogens is 293 g/mol. The van der Waals surface area contributed by atoms with Crippen molar-refractivity contribution in [2.24, 2.45) is 0 Å². The van der Waals surface area contributed by atoms with E-state index in [2.05, 4.69) is 21.2 Å². The van der Waals surface area contributed by atoms with Gasteiger partial charge in [0.2, 0.25) is 0 Å². The number of carboxylic acids is 1. The fraction of sp³-hybridized carbons (Fsp3) is 0.364. The maximum atomic E-state index is 13.0. The van der Waals surface area contributed by atoms with Gasteiger partial charge in [-0.15, -0.1) is 0 Å². The van der Waals surface area contributed by atoms with Crippen LogP contribution < -0.4 is 5.32 Å². The summed E-state index contributed by atoms with van der Waals surface area (Å²) in [6.45, 7) is 0.306. The summed E-state index contributed by atoms with van der Waals surface area (Å²) in [4.78, 5) is 10.8. The molecule has 94 valence electrons. The van der Waals surface area contributed by atoms with Crippen LogP contribution in [0.3, 0.4) is 0 Å². The molecule has 1 aromatic rings. The van der Waals surface area contributed by atoms with Crippen molar-refractivity contribution in [3.63, 3.8) is 0 Å². The summed E-state index contributed by atoms with van der Waals surface area (Å²) in [5.74, 6) is -1.36. The molecule has 0 saturated carbocycles. The molecule has 1 rings (SSSR count). The van der Waals surface area contributed by atoms with Crippen molar-refractivity contribution in [1.29, 1.82) is 0 Å². The molecule has 0 saturated heterocycles. The molecule has 1 unspecified atom stereocenters. The average molecular weight is 306 g/mol. The molecule has 0 heterocycles. The third-order valence-electron chi connectivity index (χ3n) is 2.18. The van der Waals surface area contributed by atoms with Gasteiger partial charge in [0.15, 0.2) is 0 Å². The first-order valence-corrected chi connectivity index (χ1v) is 5.73. The summed E-state index contributed by atoms with van der Waals surface area (Å²) in [5.41, 5.74) is 0.660. The normalized spacial score (nSPS) is 12.4. The van der Waals surface area contributed by atoms with E-state index in [4.69, 9.17) is 9.84 Å². The molecule has 0 aliphatic heterocycles. The molecule has 0 fully saturated rings. The summed E-state index contributed by atoms with van der Waals surface area (Å²) < 4.78 is 18.5. The van der Waals surface area contributed by atoms with Crippen LogP contribution in [-0.4, -0.2) is 30.8 Å². The Morgan fingerprint density at radius 2 is 2.35 bits per heavy atom. The second-order valence-electron chi connectivity index (χ2n) is 3.46. The van der Waals surface area contributed by atoms with Crippen molar-refractivity contribution in [1.82, 2.24) is 5.32 Å². The molecule has 0 aliphatic carbocycles. The maximum Gasteiger partial charge on any atom is 0.323 e. The van der Waals surface area contributed by atoms with E-state index in [1.807, 2.05) is 0 Å². The van der Waals surface area contributed by atoms with E-state index < -0.39 is 12.0 Å². The predicted octanol–water partition coefficient (Wildman–Crippen LogP) is 1.78. The Labute approximate surface area is 107 Å². The van der Waals surface area contributed by atoms with Crippen LogP contribution in [0, 0.1) is 5.82 Å². The largest absolute Gasteiger partial charge is 0.480 e. The van der Waals surface area contributed by atoms with Crippen LogP contribution in [0.4, 0.5) is 4.39 Å². The van der Waals surface area contributed by atoms with E-state index in [-0.39, 0.29) is 19.0 Å². The SMILES string of the molecule is COCC(NCc1cc(F)ccc1Br)C(=O)O. The Balaban J connectivity index is 2.64. The maximum absolute atomic E-state index is 13.0.